The zero-order chi connectivity index (χ0) is 22.0. The summed E-state index contributed by atoms with van der Waals surface area (Å²) in [5, 5.41) is 0. The van der Waals surface area contributed by atoms with Crippen molar-refractivity contribution in [2.45, 2.75) is 45.6 Å². The van der Waals surface area contributed by atoms with E-state index < -0.39 is 0 Å². The molecule has 2 aromatic rings. The van der Waals surface area contributed by atoms with Gasteiger partial charge in [0.25, 0.3) is 11.5 Å². The van der Waals surface area contributed by atoms with Gasteiger partial charge in [0.2, 0.25) is 0 Å². The minimum absolute atomic E-state index is 0.0620. The van der Waals surface area contributed by atoms with Gasteiger partial charge in [-0.1, -0.05) is 17.9 Å². The molecular weight excluding hydrogens is 395 g/mol. The smallest absolute Gasteiger partial charge is 0.260 e. The first-order valence-electron chi connectivity index (χ1n) is 10.9. The molecule has 1 aromatic carbocycles. The van der Waals surface area contributed by atoms with Crippen LogP contribution in [0.2, 0.25) is 0 Å². The topological polar surface area (TPSA) is 51.5 Å². The van der Waals surface area contributed by atoms with E-state index in [0.29, 0.717) is 28.5 Å². The number of aromatic nitrogens is 1. The van der Waals surface area contributed by atoms with Crippen molar-refractivity contribution < 1.29 is 13.9 Å². The average molecular weight is 423 g/mol. The predicted molar refractivity (Wildman–Crippen MR) is 117 cm³/mol. The fourth-order valence-electron chi connectivity index (χ4n) is 3.91. The van der Waals surface area contributed by atoms with E-state index >= 15 is 0 Å². The van der Waals surface area contributed by atoms with Crippen molar-refractivity contribution >= 4 is 5.91 Å². The number of hydrogen-bond donors (Lipinski definition) is 0. The van der Waals surface area contributed by atoms with Crippen molar-refractivity contribution in [1.29, 1.82) is 0 Å². The van der Waals surface area contributed by atoms with Crippen molar-refractivity contribution in [1.82, 2.24) is 9.47 Å². The van der Waals surface area contributed by atoms with Crippen molar-refractivity contribution in [3.8, 4) is 17.6 Å². The summed E-state index contributed by atoms with van der Waals surface area (Å²) in [7, 11) is 0. The van der Waals surface area contributed by atoms with Crippen molar-refractivity contribution in [3.05, 3.63) is 63.3 Å². The molecule has 1 amide bonds. The Morgan fingerprint density at radius 3 is 2.61 bits per heavy atom. The number of halogens is 1. The van der Waals surface area contributed by atoms with Gasteiger partial charge in [-0.15, -0.1) is 0 Å². The highest BCUT2D eigenvalue weighted by molar-refractivity contribution is 5.78. The summed E-state index contributed by atoms with van der Waals surface area (Å²) in [6, 6.07) is 7.71. The Labute approximate surface area is 181 Å². The maximum atomic E-state index is 14.5. The minimum Gasteiger partial charge on any atom is -0.484 e. The van der Waals surface area contributed by atoms with Gasteiger partial charge in [0.1, 0.15) is 11.6 Å². The van der Waals surface area contributed by atoms with Gasteiger partial charge >= 0.3 is 0 Å². The number of hydrogen-bond acceptors (Lipinski definition) is 3. The molecule has 5 nitrogen and oxygen atoms in total. The first kappa shape index (κ1) is 21.2. The lowest BCUT2D eigenvalue weighted by Crippen LogP contribution is -2.32. The lowest BCUT2D eigenvalue weighted by Gasteiger charge is -2.20. The van der Waals surface area contributed by atoms with E-state index in [0.717, 1.165) is 38.8 Å². The normalized spacial score (nSPS) is 16.5. The average Bonchev–Trinajstić information content (AvgIpc) is 3.40. The summed E-state index contributed by atoms with van der Waals surface area (Å²) in [6.45, 7) is 5.12. The fourth-order valence-corrected chi connectivity index (χ4v) is 3.91. The first-order valence-corrected chi connectivity index (χ1v) is 10.9. The largest absolute Gasteiger partial charge is 0.484 e. The van der Waals surface area contributed by atoms with Gasteiger partial charge in [-0.2, -0.15) is 0 Å². The van der Waals surface area contributed by atoms with Crippen LogP contribution in [0.15, 0.2) is 35.1 Å². The van der Waals surface area contributed by atoms with Gasteiger partial charge in [-0.25, -0.2) is 4.39 Å². The van der Waals surface area contributed by atoms with Gasteiger partial charge in [-0.05, 0) is 63.3 Å². The molecule has 0 N–H and O–H groups in total. The van der Waals surface area contributed by atoms with E-state index in [1.54, 1.807) is 28.5 Å². The monoisotopic (exact) mass is 422 g/mol. The number of aryl methyl sites for hydroxylation is 1. The van der Waals surface area contributed by atoms with E-state index in [9.17, 15) is 14.0 Å². The molecule has 2 fully saturated rings. The molecule has 6 heteroatoms. The lowest BCUT2D eigenvalue weighted by atomic mass is 10.0. The van der Waals surface area contributed by atoms with Crippen LogP contribution in [-0.4, -0.2) is 35.1 Å². The molecule has 0 unspecified atom stereocenters. The molecule has 0 radical (unpaired) electrons. The molecule has 0 bridgehead atoms. The first-order chi connectivity index (χ1) is 14.9. The van der Waals surface area contributed by atoms with Gasteiger partial charge in [-0.3, -0.25) is 9.59 Å². The number of ether oxygens (including phenoxy) is 1. The molecule has 0 spiro atoms. The molecule has 4 rings (SSSR count). The Morgan fingerprint density at radius 2 is 1.97 bits per heavy atom. The molecule has 162 valence electrons. The highest BCUT2D eigenvalue weighted by atomic mass is 19.1. The second-order valence-electron chi connectivity index (χ2n) is 8.38. The molecule has 1 saturated carbocycles. The van der Waals surface area contributed by atoms with Crippen molar-refractivity contribution in [3.63, 3.8) is 0 Å². The SMILES string of the molecule is Cc1cc(OCC(=O)N2CCCC2)cc(=O)n1[C@H](C)c1ccc(C#CC2CC2)c(F)c1. The second-order valence-corrected chi connectivity index (χ2v) is 8.38. The van der Waals surface area contributed by atoms with Crippen LogP contribution >= 0.6 is 0 Å². The van der Waals surface area contributed by atoms with Gasteiger partial charge in [0, 0.05) is 30.8 Å². The maximum absolute atomic E-state index is 14.5. The van der Waals surface area contributed by atoms with E-state index in [2.05, 4.69) is 11.8 Å². The summed E-state index contributed by atoms with van der Waals surface area (Å²) in [5.41, 5.74) is 1.51. The zero-order valence-electron chi connectivity index (χ0n) is 18.0. The number of likely N-dealkylation sites (tertiary alicyclic amines) is 1. The highest BCUT2D eigenvalue weighted by Gasteiger charge is 2.20. The third-order valence-corrected chi connectivity index (χ3v) is 5.91. The lowest BCUT2D eigenvalue weighted by molar-refractivity contribution is -0.132. The van der Waals surface area contributed by atoms with Crippen LogP contribution in [0.4, 0.5) is 4.39 Å². The Balaban J connectivity index is 1.48. The number of pyridine rings is 1. The quantitative estimate of drug-likeness (QED) is 0.691. The molecule has 2 aliphatic rings. The summed E-state index contributed by atoms with van der Waals surface area (Å²) in [4.78, 5) is 26.7. The van der Waals surface area contributed by atoms with Gasteiger partial charge in [0.15, 0.2) is 6.61 Å². The molecule has 1 aliphatic carbocycles. The van der Waals surface area contributed by atoms with Crippen LogP contribution in [0.1, 0.15) is 55.5 Å². The van der Waals surface area contributed by atoms with E-state index in [1.165, 1.54) is 12.1 Å². The highest BCUT2D eigenvalue weighted by Crippen LogP contribution is 2.28. The van der Waals surface area contributed by atoms with Crippen molar-refractivity contribution in [2.24, 2.45) is 5.92 Å². The molecule has 31 heavy (non-hydrogen) atoms. The number of carbonyl (C=O) groups excluding carboxylic acids is 1. The number of benzene rings is 1. The zero-order valence-corrected chi connectivity index (χ0v) is 18.0. The van der Waals surface area contributed by atoms with Crippen LogP contribution in [0.3, 0.4) is 0 Å². The van der Waals surface area contributed by atoms with Gasteiger partial charge < -0.3 is 14.2 Å². The number of rotatable bonds is 5. The standard InChI is InChI=1S/C25H27FN2O3/c1-17-13-22(31-16-25(30)27-11-3-4-12-27)15-24(29)28(17)18(2)21-10-9-20(23(26)14-21)8-7-19-5-6-19/h9-10,13-15,18-19H,3-6,11-12,16H2,1-2H3/t18-/m1/s1. The third-order valence-electron chi connectivity index (χ3n) is 5.91. The summed E-state index contributed by atoms with van der Waals surface area (Å²) < 4.78 is 21.7. The molecular formula is C25H27FN2O3. The Hall–Kier alpha value is -3.07. The minimum atomic E-state index is -0.372. The van der Waals surface area contributed by atoms with Crippen molar-refractivity contribution in [2.75, 3.05) is 19.7 Å². The number of nitrogens with zero attached hydrogens (tertiary/aromatic N) is 2. The van der Waals surface area contributed by atoms with Crippen LogP contribution in [-0.2, 0) is 4.79 Å². The maximum Gasteiger partial charge on any atom is 0.260 e. The van der Waals surface area contributed by atoms with E-state index in [1.807, 2.05) is 13.0 Å². The Bertz CT molecular complexity index is 1100. The fraction of sp³-hybridized carbons (Fsp3) is 0.440. The predicted octanol–water partition coefficient (Wildman–Crippen LogP) is 3.67. The molecule has 2 heterocycles. The number of amides is 1. The second kappa shape index (κ2) is 8.97. The Morgan fingerprint density at radius 1 is 1.23 bits per heavy atom. The van der Waals surface area contributed by atoms with Crippen LogP contribution in [0.5, 0.6) is 5.75 Å². The van der Waals surface area contributed by atoms with Crippen LogP contribution < -0.4 is 10.3 Å². The van der Waals surface area contributed by atoms with Crippen LogP contribution in [0.25, 0.3) is 0 Å². The van der Waals surface area contributed by atoms with Gasteiger partial charge in [0.05, 0.1) is 11.6 Å². The third kappa shape index (κ3) is 4.99. The van der Waals surface area contributed by atoms with E-state index in [4.69, 9.17) is 4.74 Å². The molecule has 1 aliphatic heterocycles. The summed E-state index contributed by atoms with van der Waals surface area (Å²) >= 11 is 0. The molecule has 1 aromatic heterocycles. The molecule has 1 atom stereocenters. The summed E-state index contributed by atoms with van der Waals surface area (Å²) in [5.74, 6) is 6.33. The summed E-state index contributed by atoms with van der Waals surface area (Å²) in [6.07, 6.45) is 4.23. The molecule has 1 saturated heterocycles. The van der Waals surface area contributed by atoms with Crippen LogP contribution in [0, 0.1) is 30.5 Å². The number of carbonyl (C=O) groups is 1. The van der Waals surface area contributed by atoms with E-state index in [-0.39, 0.29) is 29.9 Å². The Kier molecular flexibility index (Phi) is 6.13.